The quantitative estimate of drug-likeness (QED) is 0.761. The van der Waals surface area contributed by atoms with Crippen LogP contribution in [0.1, 0.15) is 28.9 Å². The number of hydrogen-bond acceptors (Lipinski definition) is 7. The number of carbonyl (C=O) groups excluding carboxylic acids is 1. The second-order valence-electron chi connectivity index (χ2n) is 6.32. The number of hydrogen-bond donors (Lipinski definition) is 2. The minimum atomic E-state index is -0.993. The molecule has 7 nitrogen and oxygen atoms in total. The standard InChI is InChI=1S/C18H17FN4O3/c19-15-9-21-16(14(8-20)23-15)22-11-18(25)6-12(7-18)10-26-17(24)13-4-2-1-3-5-13/h1-5,9,12,25H,6-7,10-11H2,(H,21,22). The molecule has 0 radical (unpaired) electrons. The maximum atomic E-state index is 13.0. The highest BCUT2D eigenvalue weighted by Gasteiger charge is 2.43. The van der Waals surface area contributed by atoms with Gasteiger partial charge in [-0.1, -0.05) is 18.2 Å². The third-order valence-corrected chi connectivity index (χ3v) is 4.23. The molecule has 26 heavy (non-hydrogen) atoms. The Morgan fingerprint density at radius 2 is 2.15 bits per heavy atom. The second-order valence-corrected chi connectivity index (χ2v) is 6.32. The first-order chi connectivity index (χ1) is 12.5. The number of nitriles is 1. The van der Waals surface area contributed by atoms with Crippen LogP contribution in [0.5, 0.6) is 0 Å². The van der Waals surface area contributed by atoms with E-state index >= 15 is 0 Å². The lowest BCUT2D eigenvalue weighted by Gasteiger charge is -2.43. The number of ether oxygens (including phenoxy) is 1. The Balaban J connectivity index is 1.45. The Kier molecular flexibility index (Phi) is 5.09. The molecule has 1 aliphatic carbocycles. The van der Waals surface area contributed by atoms with Gasteiger partial charge in [-0.2, -0.15) is 9.65 Å². The molecule has 1 saturated carbocycles. The van der Waals surface area contributed by atoms with Crippen molar-refractivity contribution in [3.63, 3.8) is 0 Å². The van der Waals surface area contributed by atoms with Crippen molar-refractivity contribution >= 4 is 11.8 Å². The summed E-state index contributed by atoms with van der Waals surface area (Å²) in [6.07, 6.45) is 1.79. The zero-order valence-electron chi connectivity index (χ0n) is 13.9. The van der Waals surface area contributed by atoms with E-state index in [4.69, 9.17) is 10.00 Å². The van der Waals surface area contributed by atoms with Gasteiger partial charge in [0.2, 0.25) is 5.95 Å². The number of carbonyl (C=O) groups is 1. The number of rotatable bonds is 6. The van der Waals surface area contributed by atoms with Gasteiger partial charge >= 0.3 is 5.97 Å². The Morgan fingerprint density at radius 3 is 2.85 bits per heavy atom. The highest BCUT2D eigenvalue weighted by Crippen LogP contribution is 2.38. The van der Waals surface area contributed by atoms with Crippen molar-refractivity contribution in [2.75, 3.05) is 18.5 Å². The summed E-state index contributed by atoms with van der Waals surface area (Å²) in [4.78, 5) is 19.1. The average molecular weight is 356 g/mol. The van der Waals surface area contributed by atoms with Gasteiger partial charge in [-0.15, -0.1) is 0 Å². The molecule has 0 atom stereocenters. The van der Waals surface area contributed by atoms with E-state index in [2.05, 4.69) is 15.3 Å². The Morgan fingerprint density at radius 1 is 1.42 bits per heavy atom. The van der Waals surface area contributed by atoms with E-state index in [1.807, 2.05) is 6.07 Å². The van der Waals surface area contributed by atoms with Crippen molar-refractivity contribution in [2.24, 2.45) is 5.92 Å². The normalized spacial score (nSPS) is 21.3. The lowest BCUT2D eigenvalue weighted by molar-refractivity contribution is -0.0796. The molecule has 0 bridgehead atoms. The fourth-order valence-electron chi connectivity index (χ4n) is 2.95. The summed E-state index contributed by atoms with van der Waals surface area (Å²) < 4.78 is 18.2. The molecule has 134 valence electrons. The van der Waals surface area contributed by atoms with Gasteiger partial charge in [-0.3, -0.25) is 0 Å². The van der Waals surface area contributed by atoms with E-state index in [0.717, 1.165) is 6.20 Å². The molecule has 0 spiro atoms. The molecule has 3 rings (SSSR count). The number of esters is 1. The van der Waals surface area contributed by atoms with Gasteiger partial charge in [0.05, 0.1) is 24.0 Å². The molecule has 0 amide bonds. The lowest BCUT2D eigenvalue weighted by Crippen LogP contribution is -2.50. The molecule has 1 aromatic carbocycles. The van der Waals surface area contributed by atoms with Crippen LogP contribution in [0.3, 0.4) is 0 Å². The van der Waals surface area contributed by atoms with Gasteiger partial charge < -0.3 is 15.2 Å². The first-order valence-electron chi connectivity index (χ1n) is 8.10. The van der Waals surface area contributed by atoms with E-state index in [1.54, 1.807) is 30.3 Å². The molecule has 2 aromatic rings. The molecule has 1 aliphatic rings. The van der Waals surface area contributed by atoms with E-state index in [9.17, 15) is 14.3 Å². The third kappa shape index (κ3) is 4.13. The van der Waals surface area contributed by atoms with Gasteiger partial charge in [-0.05, 0) is 30.9 Å². The van der Waals surface area contributed by atoms with Crippen LogP contribution in [-0.4, -0.2) is 39.8 Å². The average Bonchev–Trinajstić information content (AvgIpc) is 2.63. The smallest absolute Gasteiger partial charge is 0.338 e. The molecular formula is C18H17FN4O3. The number of nitrogens with zero attached hydrogens (tertiary/aromatic N) is 3. The highest BCUT2D eigenvalue weighted by atomic mass is 19.1. The molecule has 0 unspecified atom stereocenters. The third-order valence-electron chi connectivity index (χ3n) is 4.23. The summed E-state index contributed by atoms with van der Waals surface area (Å²) in [5.74, 6) is -1.04. The SMILES string of the molecule is N#Cc1nc(F)cnc1NCC1(O)CC(COC(=O)c2ccccc2)C1. The fourth-order valence-corrected chi connectivity index (χ4v) is 2.95. The van der Waals surface area contributed by atoms with E-state index < -0.39 is 11.5 Å². The fraction of sp³-hybridized carbons (Fsp3) is 0.333. The zero-order valence-corrected chi connectivity index (χ0v) is 13.9. The number of aliphatic hydroxyl groups is 1. The number of nitrogens with one attached hydrogen (secondary N) is 1. The summed E-state index contributed by atoms with van der Waals surface area (Å²) in [6, 6.07) is 10.5. The van der Waals surface area contributed by atoms with Crippen molar-refractivity contribution in [2.45, 2.75) is 18.4 Å². The molecule has 1 heterocycles. The van der Waals surface area contributed by atoms with Crippen molar-refractivity contribution in [3.05, 3.63) is 53.7 Å². The lowest BCUT2D eigenvalue weighted by atomic mass is 9.71. The highest BCUT2D eigenvalue weighted by molar-refractivity contribution is 5.89. The summed E-state index contributed by atoms with van der Waals surface area (Å²) in [5, 5.41) is 22.2. The zero-order chi connectivity index (χ0) is 18.6. The van der Waals surface area contributed by atoms with Crippen LogP contribution in [0.4, 0.5) is 10.2 Å². The van der Waals surface area contributed by atoms with Crippen molar-refractivity contribution < 1.29 is 19.0 Å². The molecule has 0 aliphatic heterocycles. The predicted molar refractivity (Wildman–Crippen MR) is 89.6 cm³/mol. The molecule has 2 N–H and O–H groups in total. The number of aromatic nitrogens is 2. The van der Waals surface area contributed by atoms with Gasteiger partial charge in [0.1, 0.15) is 6.07 Å². The minimum Gasteiger partial charge on any atom is -0.462 e. The van der Waals surface area contributed by atoms with Gasteiger partial charge in [0, 0.05) is 6.54 Å². The van der Waals surface area contributed by atoms with Crippen LogP contribution in [0.15, 0.2) is 36.5 Å². The van der Waals surface area contributed by atoms with Gasteiger partial charge in [0.25, 0.3) is 0 Å². The summed E-state index contributed by atoms with van der Waals surface area (Å²) in [6.45, 7) is 0.376. The monoisotopic (exact) mass is 356 g/mol. The minimum absolute atomic E-state index is 0.0594. The Hall–Kier alpha value is -3.05. The Labute approximate surface area is 149 Å². The largest absolute Gasteiger partial charge is 0.462 e. The molecule has 0 saturated heterocycles. The summed E-state index contributed by atoms with van der Waals surface area (Å²) >= 11 is 0. The van der Waals surface area contributed by atoms with Gasteiger partial charge in [0.15, 0.2) is 11.5 Å². The number of benzene rings is 1. The van der Waals surface area contributed by atoms with Crippen LogP contribution in [0.25, 0.3) is 0 Å². The van der Waals surface area contributed by atoms with Gasteiger partial charge in [-0.25, -0.2) is 14.8 Å². The van der Waals surface area contributed by atoms with E-state index in [1.165, 1.54) is 0 Å². The van der Waals surface area contributed by atoms with Crippen molar-refractivity contribution in [1.29, 1.82) is 5.26 Å². The molecule has 1 aromatic heterocycles. The van der Waals surface area contributed by atoms with E-state index in [-0.39, 0.29) is 36.6 Å². The van der Waals surface area contributed by atoms with E-state index in [0.29, 0.717) is 18.4 Å². The molecular weight excluding hydrogens is 339 g/mol. The van der Waals surface area contributed by atoms with Crippen LogP contribution in [0.2, 0.25) is 0 Å². The maximum Gasteiger partial charge on any atom is 0.338 e. The molecule has 8 heteroatoms. The topological polar surface area (TPSA) is 108 Å². The summed E-state index contributed by atoms with van der Waals surface area (Å²) in [5.41, 5.74) is -0.670. The second kappa shape index (κ2) is 7.45. The van der Waals surface area contributed by atoms with Crippen molar-refractivity contribution in [3.8, 4) is 6.07 Å². The van der Waals surface area contributed by atoms with Crippen LogP contribution >= 0.6 is 0 Å². The first-order valence-corrected chi connectivity index (χ1v) is 8.10. The molecule has 1 fully saturated rings. The van der Waals surface area contributed by atoms with Crippen LogP contribution in [0, 0.1) is 23.2 Å². The van der Waals surface area contributed by atoms with Crippen molar-refractivity contribution in [1.82, 2.24) is 9.97 Å². The van der Waals surface area contributed by atoms with Crippen LogP contribution in [-0.2, 0) is 4.74 Å². The first kappa shape index (κ1) is 17.8. The number of anilines is 1. The predicted octanol–water partition coefficient (Wildman–Crippen LogP) is 1.90. The number of halogens is 1. The summed E-state index contributed by atoms with van der Waals surface area (Å²) in [7, 11) is 0. The maximum absolute atomic E-state index is 13.0. The van der Waals surface area contributed by atoms with Crippen LogP contribution < -0.4 is 5.32 Å². The Bertz CT molecular complexity index is 832.